The Hall–Kier alpha value is -3.45. The van der Waals surface area contributed by atoms with Gasteiger partial charge in [-0.2, -0.15) is 0 Å². The number of hydrogen-bond donors (Lipinski definition) is 4. The van der Waals surface area contributed by atoms with E-state index in [2.05, 4.69) is 16.0 Å². The number of thioether (sulfide) groups is 1. The van der Waals surface area contributed by atoms with Gasteiger partial charge in [0.25, 0.3) is 5.91 Å². The van der Waals surface area contributed by atoms with E-state index >= 15 is 0 Å². The number of nitrogens with one attached hydrogen (secondary N) is 3. The lowest BCUT2D eigenvalue weighted by Gasteiger charge is -2.49. The zero-order valence-electron chi connectivity index (χ0n) is 22.3. The molecule has 4 amide bonds. The fourth-order valence-electron chi connectivity index (χ4n) is 3.72. The quantitative estimate of drug-likeness (QED) is 0.367. The highest BCUT2D eigenvalue weighted by molar-refractivity contribution is 8.00. The van der Waals surface area contributed by atoms with Crippen molar-refractivity contribution in [2.24, 2.45) is 0 Å². The molecule has 39 heavy (non-hydrogen) atoms. The third-order valence-electron chi connectivity index (χ3n) is 5.23. The Balaban J connectivity index is 1.79. The van der Waals surface area contributed by atoms with E-state index in [1.807, 2.05) is 0 Å². The van der Waals surface area contributed by atoms with E-state index in [0.717, 1.165) is 4.90 Å². The zero-order valence-corrected chi connectivity index (χ0v) is 23.9. The van der Waals surface area contributed by atoms with Crippen molar-refractivity contribution < 1.29 is 38.6 Å². The van der Waals surface area contributed by atoms with Crippen LogP contribution >= 0.6 is 23.4 Å². The SMILES string of the molecule is CC(C)(C)OC(=O)Nc1ccc(C(NC(=O)OC(C)(C)C)C(=O)NC2C(=O)N3C(C(=O)O)=C(Cl)CS[C@H]23)cc1. The van der Waals surface area contributed by atoms with Crippen LogP contribution < -0.4 is 16.0 Å². The van der Waals surface area contributed by atoms with Crippen LogP contribution in [-0.4, -0.2) is 68.3 Å². The fourth-order valence-corrected chi connectivity index (χ4v) is 5.27. The normalized spacial score (nSPS) is 19.8. The maximum atomic E-state index is 13.4. The van der Waals surface area contributed by atoms with Crippen LogP contribution in [0.5, 0.6) is 0 Å². The Morgan fingerprint density at radius 3 is 2.13 bits per heavy atom. The van der Waals surface area contributed by atoms with E-state index in [0.29, 0.717) is 11.3 Å². The maximum absolute atomic E-state index is 13.4. The third-order valence-corrected chi connectivity index (χ3v) is 6.99. The molecule has 14 heteroatoms. The number of carboxylic acids is 1. The van der Waals surface area contributed by atoms with Crippen LogP contribution in [0.15, 0.2) is 35.0 Å². The van der Waals surface area contributed by atoms with E-state index in [1.54, 1.807) is 41.5 Å². The van der Waals surface area contributed by atoms with Crippen LogP contribution in [0.1, 0.15) is 53.1 Å². The Labute approximate surface area is 234 Å². The molecule has 0 aromatic heterocycles. The zero-order chi connectivity index (χ0) is 29.3. The first-order valence-corrected chi connectivity index (χ1v) is 13.4. The summed E-state index contributed by atoms with van der Waals surface area (Å²) < 4.78 is 10.5. The molecule has 1 aromatic carbocycles. The van der Waals surface area contributed by atoms with E-state index in [4.69, 9.17) is 21.1 Å². The van der Waals surface area contributed by atoms with Gasteiger partial charge in [0.1, 0.15) is 34.4 Å². The molecule has 1 aromatic rings. The standard InChI is InChI=1S/C25H31ClN4O8S/c1-24(2,3)37-22(35)27-13-9-7-12(8-10-13)15(29-23(36)38-25(4,5)6)18(31)28-16-19(32)30-17(21(33)34)14(26)11-39-20(16)30/h7-10,15-16,20H,11H2,1-6H3,(H,27,35)(H,28,31)(H,29,36)(H,33,34)/t15?,16?,20-/m1/s1. The number of fused-ring (bicyclic) bond motifs is 1. The van der Waals surface area contributed by atoms with Crippen LogP contribution in [0.3, 0.4) is 0 Å². The van der Waals surface area contributed by atoms with E-state index < -0.39 is 58.6 Å². The van der Waals surface area contributed by atoms with Crippen molar-refractivity contribution in [3.8, 4) is 0 Å². The molecule has 0 spiro atoms. The molecular formula is C25H31ClN4O8S. The first-order valence-electron chi connectivity index (χ1n) is 11.9. The molecule has 212 valence electrons. The summed E-state index contributed by atoms with van der Waals surface area (Å²) in [5.74, 6) is -2.53. The molecule has 4 N–H and O–H groups in total. The fraction of sp³-hybridized carbons (Fsp3) is 0.480. The summed E-state index contributed by atoms with van der Waals surface area (Å²) in [6.45, 7) is 10.2. The second kappa shape index (κ2) is 11.3. The van der Waals surface area contributed by atoms with Gasteiger partial charge in [-0.15, -0.1) is 11.8 Å². The van der Waals surface area contributed by atoms with Crippen LogP contribution in [0.25, 0.3) is 0 Å². The van der Waals surface area contributed by atoms with Crippen molar-refractivity contribution in [2.45, 2.75) is 70.2 Å². The number of aliphatic carboxylic acids is 1. The number of nitrogens with zero attached hydrogens (tertiary/aromatic N) is 1. The molecule has 2 unspecified atom stereocenters. The minimum absolute atomic E-state index is 0.0337. The summed E-state index contributed by atoms with van der Waals surface area (Å²) >= 11 is 7.22. The van der Waals surface area contributed by atoms with Gasteiger partial charge in [0.15, 0.2) is 0 Å². The van der Waals surface area contributed by atoms with Gasteiger partial charge >= 0.3 is 18.2 Å². The maximum Gasteiger partial charge on any atom is 0.412 e. The number of benzene rings is 1. The van der Waals surface area contributed by atoms with Crippen LogP contribution in [0, 0.1) is 0 Å². The van der Waals surface area contributed by atoms with Gasteiger partial charge in [-0.05, 0) is 59.2 Å². The monoisotopic (exact) mass is 582 g/mol. The third kappa shape index (κ3) is 7.57. The second-order valence-corrected chi connectivity index (χ2v) is 12.3. The van der Waals surface area contributed by atoms with E-state index in [9.17, 15) is 29.1 Å². The number of halogens is 1. The summed E-state index contributed by atoms with van der Waals surface area (Å²) in [6, 6.07) is 3.78. The molecule has 0 bridgehead atoms. The van der Waals surface area contributed by atoms with Gasteiger partial charge in [0, 0.05) is 11.4 Å². The average Bonchev–Trinajstić information content (AvgIpc) is 2.78. The number of rotatable bonds is 6. The van der Waals surface area contributed by atoms with Crippen molar-refractivity contribution in [3.05, 3.63) is 40.6 Å². The summed E-state index contributed by atoms with van der Waals surface area (Å²) in [7, 11) is 0. The predicted octanol–water partition coefficient (Wildman–Crippen LogP) is 3.53. The number of hydrogen-bond acceptors (Lipinski definition) is 8. The Morgan fingerprint density at radius 2 is 1.59 bits per heavy atom. The number of anilines is 1. The Bertz CT molecular complexity index is 1210. The molecule has 3 rings (SSSR count). The first kappa shape index (κ1) is 30.1. The highest BCUT2D eigenvalue weighted by atomic mass is 35.5. The molecule has 2 aliphatic heterocycles. The van der Waals surface area contributed by atoms with Crippen molar-refractivity contribution in [2.75, 3.05) is 11.1 Å². The number of carbonyl (C=O) groups is 5. The number of β-lactam (4-membered cyclic amide) rings is 1. The molecule has 3 atom stereocenters. The Morgan fingerprint density at radius 1 is 1.03 bits per heavy atom. The van der Waals surface area contributed by atoms with Gasteiger partial charge in [-0.1, -0.05) is 23.7 Å². The molecule has 2 heterocycles. The molecule has 0 saturated carbocycles. The highest BCUT2D eigenvalue weighted by Gasteiger charge is 2.54. The summed E-state index contributed by atoms with van der Waals surface area (Å²) in [5, 5.41) is 16.5. The van der Waals surface area contributed by atoms with Crippen LogP contribution in [0.2, 0.25) is 0 Å². The molecular weight excluding hydrogens is 552 g/mol. The van der Waals surface area contributed by atoms with E-state index in [1.165, 1.54) is 36.0 Å². The lowest BCUT2D eigenvalue weighted by Crippen LogP contribution is -2.71. The van der Waals surface area contributed by atoms with Gasteiger partial charge < -0.3 is 25.2 Å². The number of ether oxygens (including phenoxy) is 2. The highest BCUT2D eigenvalue weighted by Crippen LogP contribution is 2.41. The summed E-state index contributed by atoms with van der Waals surface area (Å²) in [6.07, 6.45) is -1.53. The van der Waals surface area contributed by atoms with Crippen molar-refractivity contribution in [1.82, 2.24) is 15.5 Å². The predicted molar refractivity (Wildman–Crippen MR) is 144 cm³/mol. The molecule has 1 fully saturated rings. The van der Waals surface area contributed by atoms with Gasteiger partial charge in [-0.25, -0.2) is 14.4 Å². The van der Waals surface area contributed by atoms with Gasteiger partial charge in [-0.3, -0.25) is 19.8 Å². The first-order chi connectivity index (χ1) is 18.0. The second-order valence-electron chi connectivity index (χ2n) is 10.8. The molecule has 0 radical (unpaired) electrons. The lowest BCUT2D eigenvalue weighted by molar-refractivity contribution is -0.150. The number of alkyl carbamates (subject to hydrolysis) is 1. The minimum Gasteiger partial charge on any atom is -0.477 e. The molecule has 2 aliphatic rings. The topological polar surface area (TPSA) is 163 Å². The molecule has 12 nitrogen and oxygen atoms in total. The van der Waals surface area contributed by atoms with E-state index in [-0.39, 0.29) is 16.5 Å². The van der Waals surface area contributed by atoms with Crippen LogP contribution in [-0.2, 0) is 23.9 Å². The lowest BCUT2D eigenvalue weighted by atomic mass is 10.0. The Kier molecular flexibility index (Phi) is 8.75. The minimum atomic E-state index is -1.34. The largest absolute Gasteiger partial charge is 0.477 e. The average molecular weight is 583 g/mol. The van der Waals surface area contributed by atoms with Crippen molar-refractivity contribution in [3.63, 3.8) is 0 Å². The number of amides is 4. The van der Waals surface area contributed by atoms with Gasteiger partial charge in [0.2, 0.25) is 5.91 Å². The van der Waals surface area contributed by atoms with Crippen molar-refractivity contribution >= 4 is 59.0 Å². The molecule has 1 saturated heterocycles. The number of carbonyl (C=O) groups excluding carboxylic acids is 4. The summed E-state index contributed by atoms with van der Waals surface area (Å²) in [5.41, 5.74) is -1.12. The summed E-state index contributed by atoms with van der Waals surface area (Å²) in [4.78, 5) is 63.4. The number of carboxylic acid groups (broad SMARTS) is 1. The van der Waals surface area contributed by atoms with Gasteiger partial charge in [0.05, 0.1) is 5.03 Å². The van der Waals surface area contributed by atoms with Crippen molar-refractivity contribution in [1.29, 1.82) is 0 Å². The molecule has 0 aliphatic carbocycles. The van der Waals surface area contributed by atoms with Crippen LogP contribution in [0.4, 0.5) is 15.3 Å². The smallest absolute Gasteiger partial charge is 0.412 e.